The van der Waals surface area contributed by atoms with Gasteiger partial charge >= 0.3 is 11.9 Å². The number of methoxy groups -OCH3 is 2. The molecule has 0 aliphatic rings. The number of nitrogens with zero attached hydrogens (tertiary/aromatic N) is 3. The third kappa shape index (κ3) is 2.46. The third-order valence-electron chi connectivity index (χ3n) is 3.76. The van der Waals surface area contributed by atoms with Gasteiger partial charge in [0, 0.05) is 17.3 Å². The monoisotopic (exact) mass is 339 g/mol. The van der Waals surface area contributed by atoms with Crippen molar-refractivity contribution in [1.82, 2.24) is 14.8 Å². The average molecular weight is 339 g/mol. The lowest BCUT2D eigenvalue weighted by Crippen LogP contribution is -2.12. The van der Waals surface area contributed by atoms with Gasteiger partial charge in [0.25, 0.3) is 0 Å². The fourth-order valence-electron chi connectivity index (χ4n) is 2.57. The van der Waals surface area contributed by atoms with Crippen LogP contribution in [-0.4, -0.2) is 40.9 Å². The fourth-order valence-corrected chi connectivity index (χ4v) is 2.57. The molecular weight excluding hydrogens is 326 g/mol. The smallest absolute Gasteiger partial charge is 0.357 e. The maximum atomic E-state index is 12.1. The first-order valence-electron chi connectivity index (χ1n) is 7.06. The minimum Gasteiger partial charge on any atom is -0.465 e. The van der Waals surface area contributed by atoms with Gasteiger partial charge in [-0.3, -0.25) is 5.10 Å². The molecule has 9 nitrogen and oxygen atoms in total. The summed E-state index contributed by atoms with van der Waals surface area (Å²) < 4.78 is 10.9. The Labute approximate surface area is 141 Å². The SMILES string of the molecule is COC(=O)c1cc(-n2cc(C#N)c(N)c2C(=O)OC)cc2cn[nH]c12. The van der Waals surface area contributed by atoms with Crippen LogP contribution in [0.5, 0.6) is 0 Å². The Morgan fingerprint density at radius 2 is 2.00 bits per heavy atom. The van der Waals surface area contributed by atoms with Crippen LogP contribution in [0, 0.1) is 11.3 Å². The first kappa shape index (κ1) is 16.1. The van der Waals surface area contributed by atoms with Crippen LogP contribution in [0.25, 0.3) is 16.6 Å². The van der Waals surface area contributed by atoms with E-state index in [1.165, 1.54) is 37.2 Å². The standard InChI is InChI=1S/C16H13N5O4/c1-24-15(22)11-4-10(3-8-6-19-20-13(8)11)21-7-9(5-17)12(18)14(21)16(23)25-2/h3-4,6-7H,18H2,1-2H3,(H,19,20). The molecule has 0 fully saturated rings. The van der Waals surface area contributed by atoms with E-state index in [0.717, 1.165) is 0 Å². The van der Waals surface area contributed by atoms with E-state index < -0.39 is 11.9 Å². The molecule has 0 atom stereocenters. The number of fused-ring (bicyclic) bond motifs is 1. The maximum Gasteiger partial charge on any atom is 0.357 e. The van der Waals surface area contributed by atoms with Crippen LogP contribution >= 0.6 is 0 Å². The van der Waals surface area contributed by atoms with Gasteiger partial charge in [0.1, 0.15) is 6.07 Å². The van der Waals surface area contributed by atoms with E-state index in [1.54, 1.807) is 6.07 Å². The Morgan fingerprint density at radius 1 is 1.28 bits per heavy atom. The Bertz CT molecular complexity index is 1040. The Morgan fingerprint density at radius 3 is 2.64 bits per heavy atom. The minimum absolute atomic E-state index is 0.00117. The number of nitriles is 1. The van der Waals surface area contributed by atoms with Crippen LogP contribution in [0.3, 0.4) is 0 Å². The molecular formula is C16H13N5O4. The molecule has 0 bridgehead atoms. The topological polar surface area (TPSA) is 136 Å². The molecule has 1 aromatic carbocycles. The van der Waals surface area contributed by atoms with E-state index in [4.69, 9.17) is 15.2 Å². The largest absolute Gasteiger partial charge is 0.465 e. The van der Waals surface area contributed by atoms with Crippen molar-refractivity contribution in [2.75, 3.05) is 20.0 Å². The summed E-state index contributed by atoms with van der Waals surface area (Å²) in [6.45, 7) is 0. The van der Waals surface area contributed by atoms with Gasteiger partial charge in [0.05, 0.1) is 42.7 Å². The zero-order valence-corrected chi connectivity index (χ0v) is 13.4. The predicted molar refractivity (Wildman–Crippen MR) is 87.2 cm³/mol. The van der Waals surface area contributed by atoms with E-state index in [-0.39, 0.29) is 22.5 Å². The minimum atomic E-state index is -0.703. The van der Waals surface area contributed by atoms with Gasteiger partial charge in [-0.05, 0) is 12.1 Å². The zero-order valence-electron chi connectivity index (χ0n) is 13.4. The molecule has 0 spiro atoms. The lowest BCUT2D eigenvalue weighted by molar-refractivity contribution is 0.0589. The number of aromatic nitrogens is 3. The van der Waals surface area contributed by atoms with Crippen LogP contribution in [0.2, 0.25) is 0 Å². The first-order chi connectivity index (χ1) is 12.0. The average Bonchev–Trinajstić information content (AvgIpc) is 3.23. The molecule has 0 aliphatic heterocycles. The number of carbonyl (C=O) groups is 2. The van der Waals surface area contributed by atoms with Crippen LogP contribution in [0.4, 0.5) is 5.69 Å². The van der Waals surface area contributed by atoms with E-state index in [1.807, 2.05) is 6.07 Å². The van der Waals surface area contributed by atoms with Gasteiger partial charge in [-0.2, -0.15) is 10.4 Å². The summed E-state index contributed by atoms with van der Waals surface area (Å²) >= 11 is 0. The van der Waals surface area contributed by atoms with Crippen molar-refractivity contribution < 1.29 is 19.1 Å². The molecule has 2 heterocycles. The number of ether oxygens (including phenoxy) is 2. The number of nitrogen functional groups attached to an aromatic ring is 1. The number of H-pyrrole nitrogens is 1. The van der Waals surface area contributed by atoms with Crippen molar-refractivity contribution in [1.29, 1.82) is 5.26 Å². The second-order valence-electron chi connectivity index (χ2n) is 5.10. The number of carbonyl (C=O) groups excluding carboxylic acids is 2. The molecule has 3 N–H and O–H groups in total. The van der Waals surface area contributed by atoms with Crippen molar-refractivity contribution in [2.45, 2.75) is 0 Å². The van der Waals surface area contributed by atoms with Crippen LogP contribution in [0.1, 0.15) is 26.4 Å². The first-order valence-corrected chi connectivity index (χ1v) is 7.06. The number of benzene rings is 1. The summed E-state index contributed by atoms with van der Waals surface area (Å²) in [6.07, 6.45) is 2.94. The number of anilines is 1. The molecule has 0 radical (unpaired) electrons. The van der Waals surface area contributed by atoms with Gasteiger partial charge in [-0.25, -0.2) is 9.59 Å². The number of rotatable bonds is 3. The Hall–Kier alpha value is -3.80. The number of esters is 2. The van der Waals surface area contributed by atoms with Gasteiger partial charge in [-0.1, -0.05) is 0 Å². The van der Waals surface area contributed by atoms with Crippen molar-refractivity contribution in [3.05, 3.63) is 41.3 Å². The Balaban J connectivity index is 2.32. The summed E-state index contributed by atoms with van der Waals surface area (Å²) in [6, 6.07) is 5.13. The normalized spacial score (nSPS) is 10.4. The van der Waals surface area contributed by atoms with Crippen molar-refractivity contribution in [2.24, 2.45) is 0 Å². The van der Waals surface area contributed by atoms with E-state index in [0.29, 0.717) is 16.6 Å². The number of nitrogens with two attached hydrogens (primary N) is 1. The molecule has 2 aromatic heterocycles. The number of hydrogen-bond donors (Lipinski definition) is 2. The van der Waals surface area contributed by atoms with Crippen LogP contribution < -0.4 is 5.73 Å². The molecule has 0 unspecified atom stereocenters. The molecule has 0 saturated heterocycles. The van der Waals surface area contributed by atoms with Crippen LogP contribution in [-0.2, 0) is 9.47 Å². The van der Waals surface area contributed by atoms with Crippen LogP contribution in [0.15, 0.2) is 24.5 Å². The van der Waals surface area contributed by atoms with Crippen molar-refractivity contribution in [3.63, 3.8) is 0 Å². The van der Waals surface area contributed by atoms with Gasteiger partial charge < -0.3 is 19.8 Å². The Kier molecular flexibility index (Phi) is 3.86. The number of hydrogen-bond acceptors (Lipinski definition) is 7. The van der Waals surface area contributed by atoms with Gasteiger partial charge in [-0.15, -0.1) is 0 Å². The maximum absolute atomic E-state index is 12.1. The fraction of sp³-hybridized carbons (Fsp3) is 0.125. The van der Waals surface area contributed by atoms with Gasteiger partial charge in [0.2, 0.25) is 0 Å². The molecule has 126 valence electrons. The van der Waals surface area contributed by atoms with E-state index >= 15 is 0 Å². The van der Waals surface area contributed by atoms with Crippen molar-refractivity contribution >= 4 is 28.5 Å². The van der Waals surface area contributed by atoms with E-state index in [2.05, 4.69) is 10.2 Å². The summed E-state index contributed by atoms with van der Waals surface area (Å²) in [5.41, 5.74) is 7.17. The zero-order chi connectivity index (χ0) is 18.1. The second-order valence-corrected chi connectivity index (χ2v) is 5.10. The molecule has 3 rings (SSSR count). The summed E-state index contributed by atoms with van der Waals surface area (Å²) in [4.78, 5) is 24.2. The molecule has 0 amide bonds. The number of nitrogens with one attached hydrogen (secondary N) is 1. The van der Waals surface area contributed by atoms with Crippen molar-refractivity contribution in [3.8, 4) is 11.8 Å². The molecule has 25 heavy (non-hydrogen) atoms. The second kappa shape index (κ2) is 6.01. The highest BCUT2D eigenvalue weighted by molar-refractivity contribution is 6.04. The van der Waals surface area contributed by atoms with Gasteiger partial charge in [0.15, 0.2) is 5.69 Å². The molecule has 0 saturated carbocycles. The molecule has 0 aliphatic carbocycles. The van der Waals surface area contributed by atoms with E-state index in [9.17, 15) is 14.9 Å². The number of aromatic amines is 1. The summed E-state index contributed by atoms with van der Waals surface area (Å²) in [5.74, 6) is -1.28. The lowest BCUT2D eigenvalue weighted by Gasteiger charge is -2.10. The highest BCUT2D eigenvalue weighted by Gasteiger charge is 2.23. The third-order valence-corrected chi connectivity index (χ3v) is 3.76. The predicted octanol–water partition coefficient (Wildman–Crippen LogP) is 1.38. The lowest BCUT2D eigenvalue weighted by atomic mass is 10.1. The molecule has 9 heteroatoms. The quantitative estimate of drug-likeness (QED) is 0.688. The summed E-state index contributed by atoms with van der Waals surface area (Å²) in [7, 11) is 2.48. The highest BCUT2D eigenvalue weighted by atomic mass is 16.5. The highest BCUT2D eigenvalue weighted by Crippen LogP contribution is 2.28. The summed E-state index contributed by atoms with van der Waals surface area (Å²) in [5, 5.41) is 16.5. The molecule has 3 aromatic rings.